The smallest absolute Gasteiger partial charge is 0.292 e. The van der Waals surface area contributed by atoms with Crippen molar-refractivity contribution in [1.82, 2.24) is 0 Å². The highest BCUT2D eigenvalue weighted by Crippen LogP contribution is 2.31. The van der Waals surface area contributed by atoms with Gasteiger partial charge in [-0.15, -0.1) is 0 Å². The number of benzene rings is 2. The van der Waals surface area contributed by atoms with E-state index in [2.05, 4.69) is 0 Å². The lowest BCUT2D eigenvalue weighted by molar-refractivity contribution is -0.922. The van der Waals surface area contributed by atoms with Gasteiger partial charge in [0.05, 0.1) is 25.2 Å². The zero-order valence-corrected chi connectivity index (χ0v) is 16.7. The largest absolute Gasteiger partial charge is 0.385 e. The first-order valence-electron chi connectivity index (χ1n) is 9.33. The number of carbonyl (C=O) groups is 2. The van der Waals surface area contributed by atoms with Gasteiger partial charge in [0.25, 0.3) is 5.91 Å². The number of halogens is 2. The monoisotopic (exact) mass is 419 g/mol. The molecule has 146 valence electrons. The van der Waals surface area contributed by atoms with E-state index in [4.69, 9.17) is 23.2 Å². The Morgan fingerprint density at radius 2 is 1.46 bits per heavy atom. The average Bonchev–Trinajstić information content (AvgIpc) is 2.98. The molecule has 4 rings (SSSR count). The molecule has 2 fully saturated rings. The van der Waals surface area contributed by atoms with Gasteiger partial charge in [0, 0.05) is 22.9 Å². The fraction of sp³-hybridized carbons (Fsp3) is 0.333. The second-order valence-electron chi connectivity index (χ2n) is 7.50. The SMILES string of the molecule is O=C1C[C@@H]([NH+]2CCC(O)(c3ccc(Cl)cc3)CC2)C(=O)N1c1ccc(Cl)cc1. The maximum atomic E-state index is 12.9. The molecule has 0 radical (unpaired) electrons. The summed E-state index contributed by atoms with van der Waals surface area (Å²) in [4.78, 5) is 27.8. The highest BCUT2D eigenvalue weighted by molar-refractivity contribution is 6.31. The summed E-state index contributed by atoms with van der Waals surface area (Å²) in [5.74, 6) is -0.373. The van der Waals surface area contributed by atoms with E-state index in [9.17, 15) is 14.7 Å². The summed E-state index contributed by atoms with van der Waals surface area (Å²) in [5, 5.41) is 12.2. The fourth-order valence-electron chi connectivity index (χ4n) is 4.19. The Balaban J connectivity index is 1.46. The third kappa shape index (κ3) is 3.55. The number of hydrogen-bond donors (Lipinski definition) is 2. The number of hydrogen-bond acceptors (Lipinski definition) is 3. The van der Waals surface area contributed by atoms with Crippen molar-refractivity contribution in [2.75, 3.05) is 18.0 Å². The van der Waals surface area contributed by atoms with Gasteiger partial charge >= 0.3 is 0 Å². The van der Waals surface area contributed by atoms with E-state index >= 15 is 0 Å². The van der Waals surface area contributed by atoms with Crippen LogP contribution in [0.2, 0.25) is 10.0 Å². The average molecular weight is 420 g/mol. The molecular formula is C21H21Cl2N2O3+. The Morgan fingerprint density at radius 3 is 2.04 bits per heavy atom. The summed E-state index contributed by atoms with van der Waals surface area (Å²) in [6, 6.07) is 13.6. The predicted molar refractivity (Wildman–Crippen MR) is 108 cm³/mol. The quantitative estimate of drug-likeness (QED) is 0.749. The van der Waals surface area contributed by atoms with Crippen molar-refractivity contribution in [3.8, 4) is 0 Å². The number of nitrogens with zero attached hydrogens (tertiary/aromatic N) is 1. The molecule has 2 aromatic carbocycles. The van der Waals surface area contributed by atoms with Crippen LogP contribution in [0, 0.1) is 0 Å². The zero-order chi connectivity index (χ0) is 19.9. The molecule has 2 saturated heterocycles. The zero-order valence-electron chi connectivity index (χ0n) is 15.2. The van der Waals surface area contributed by atoms with Gasteiger partial charge in [0.2, 0.25) is 5.91 Å². The van der Waals surface area contributed by atoms with E-state index in [0.29, 0.717) is 41.7 Å². The Hall–Kier alpha value is -1.92. The van der Waals surface area contributed by atoms with Crippen LogP contribution in [0.4, 0.5) is 5.69 Å². The molecule has 28 heavy (non-hydrogen) atoms. The van der Waals surface area contributed by atoms with Gasteiger partial charge < -0.3 is 10.0 Å². The molecule has 0 aromatic heterocycles. The van der Waals surface area contributed by atoms with Gasteiger partial charge in [-0.25, -0.2) is 4.90 Å². The topological polar surface area (TPSA) is 62.1 Å². The van der Waals surface area contributed by atoms with E-state index in [0.717, 1.165) is 10.5 Å². The van der Waals surface area contributed by atoms with E-state index in [1.807, 2.05) is 12.1 Å². The van der Waals surface area contributed by atoms with E-state index < -0.39 is 11.6 Å². The van der Waals surface area contributed by atoms with Crippen LogP contribution in [0.3, 0.4) is 0 Å². The van der Waals surface area contributed by atoms with Gasteiger partial charge in [-0.3, -0.25) is 9.59 Å². The minimum Gasteiger partial charge on any atom is -0.385 e. The van der Waals surface area contributed by atoms with Crippen LogP contribution < -0.4 is 9.80 Å². The molecule has 7 heteroatoms. The van der Waals surface area contributed by atoms with E-state index in [1.54, 1.807) is 36.4 Å². The number of anilines is 1. The van der Waals surface area contributed by atoms with Crippen LogP contribution >= 0.6 is 23.2 Å². The first kappa shape index (κ1) is 19.4. The Morgan fingerprint density at radius 1 is 0.929 bits per heavy atom. The highest BCUT2D eigenvalue weighted by Gasteiger charge is 2.48. The number of quaternary nitrogens is 1. The Kier molecular flexibility index (Phi) is 5.19. The third-order valence-electron chi connectivity index (χ3n) is 5.83. The van der Waals surface area contributed by atoms with Crippen molar-refractivity contribution in [2.24, 2.45) is 0 Å². The lowest BCUT2D eigenvalue weighted by atomic mass is 9.84. The second-order valence-corrected chi connectivity index (χ2v) is 8.37. The van der Waals surface area contributed by atoms with Crippen LogP contribution in [0.15, 0.2) is 48.5 Å². The molecule has 2 aliphatic heterocycles. The van der Waals surface area contributed by atoms with Crippen molar-refractivity contribution < 1.29 is 19.6 Å². The molecule has 0 unspecified atom stereocenters. The van der Waals surface area contributed by atoms with Gasteiger partial charge in [-0.1, -0.05) is 35.3 Å². The Bertz CT molecular complexity index is 891. The van der Waals surface area contributed by atoms with Crippen LogP contribution in [0.5, 0.6) is 0 Å². The van der Waals surface area contributed by atoms with E-state index in [1.165, 1.54) is 4.90 Å². The molecule has 2 N–H and O–H groups in total. The van der Waals surface area contributed by atoms with Gasteiger partial charge in [0.1, 0.15) is 5.60 Å². The standard InChI is InChI=1S/C21H20Cl2N2O3/c22-15-3-1-14(2-4-15)21(28)9-11-24(12-10-21)18-13-19(26)25(20(18)27)17-7-5-16(23)6-8-17/h1-8,18,28H,9-13H2/p+1/t18-/m1/s1. The summed E-state index contributed by atoms with van der Waals surface area (Å²) in [6.45, 7) is 1.24. The fourth-order valence-corrected chi connectivity index (χ4v) is 4.45. The van der Waals surface area contributed by atoms with Crippen LogP contribution in [-0.4, -0.2) is 36.1 Å². The third-order valence-corrected chi connectivity index (χ3v) is 6.33. The van der Waals surface area contributed by atoms with Gasteiger partial charge in [0.15, 0.2) is 6.04 Å². The summed E-state index contributed by atoms with van der Waals surface area (Å²) >= 11 is 11.8. The predicted octanol–water partition coefficient (Wildman–Crippen LogP) is 2.19. The van der Waals surface area contributed by atoms with E-state index in [-0.39, 0.29) is 18.2 Å². The van der Waals surface area contributed by atoms with Crippen molar-refractivity contribution in [3.63, 3.8) is 0 Å². The van der Waals surface area contributed by atoms with Crippen LogP contribution in [0.25, 0.3) is 0 Å². The molecule has 5 nitrogen and oxygen atoms in total. The number of piperidine rings is 1. The van der Waals surface area contributed by atoms with Crippen LogP contribution in [0.1, 0.15) is 24.8 Å². The lowest BCUT2D eigenvalue weighted by Crippen LogP contribution is -3.18. The summed E-state index contributed by atoms with van der Waals surface area (Å²) in [7, 11) is 0. The lowest BCUT2D eigenvalue weighted by Gasteiger charge is -2.38. The summed E-state index contributed by atoms with van der Waals surface area (Å²) in [5.41, 5.74) is 0.471. The number of aliphatic hydroxyl groups is 1. The normalized spacial score (nSPS) is 28.0. The van der Waals surface area contributed by atoms with Crippen molar-refractivity contribution in [3.05, 3.63) is 64.1 Å². The summed E-state index contributed by atoms with van der Waals surface area (Å²) in [6.07, 6.45) is 1.25. The Labute approximate surface area is 173 Å². The minimum absolute atomic E-state index is 0.181. The molecule has 0 spiro atoms. The van der Waals surface area contributed by atoms with Crippen molar-refractivity contribution >= 4 is 40.7 Å². The number of amides is 2. The van der Waals surface area contributed by atoms with Crippen molar-refractivity contribution in [2.45, 2.75) is 30.9 Å². The molecule has 2 aromatic rings. The number of rotatable bonds is 3. The number of imide groups is 1. The number of nitrogens with one attached hydrogen (secondary N) is 1. The molecule has 0 saturated carbocycles. The first-order chi connectivity index (χ1) is 13.4. The maximum Gasteiger partial charge on any atom is 0.292 e. The number of likely N-dealkylation sites (tertiary alicyclic amines) is 1. The second kappa shape index (κ2) is 7.48. The maximum absolute atomic E-state index is 12.9. The van der Waals surface area contributed by atoms with Crippen molar-refractivity contribution in [1.29, 1.82) is 0 Å². The molecule has 0 aliphatic carbocycles. The molecule has 1 atom stereocenters. The first-order valence-corrected chi connectivity index (χ1v) is 10.1. The number of carbonyl (C=O) groups excluding carboxylic acids is 2. The molecule has 2 aliphatic rings. The molecule has 0 bridgehead atoms. The molecular weight excluding hydrogens is 399 g/mol. The van der Waals surface area contributed by atoms with Gasteiger partial charge in [-0.05, 0) is 42.0 Å². The minimum atomic E-state index is -0.921. The van der Waals surface area contributed by atoms with Crippen LogP contribution in [-0.2, 0) is 15.2 Å². The highest BCUT2D eigenvalue weighted by atomic mass is 35.5. The summed E-state index contributed by atoms with van der Waals surface area (Å²) < 4.78 is 0. The van der Waals surface area contributed by atoms with Gasteiger partial charge in [-0.2, -0.15) is 0 Å². The molecule has 2 amide bonds. The molecule has 2 heterocycles.